The van der Waals surface area contributed by atoms with Crippen LogP contribution < -0.4 is 10.1 Å². The lowest BCUT2D eigenvalue weighted by molar-refractivity contribution is 0.00603. The van der Waals surface area contributed by atoms with Crippen molar-refractivity contribution in [1.82, 2.24) is 19.7 Å². The molecule has 0 aliphatic heterocycles. The van der Waals surface area contributed by atoms with Gasteiger partial charge >= 0.3 is 0 Å². The Morgan fingerprint density at radius 3 is 2.59 bits per heavy atom. The molecule has 0 saturated heterocycles. The maximum atomic E-state index is 14.0. The maximum Gasteiger partial charge on any atom is 0.274 e. The molecule has 3 aromatic rings. The van der Waals surface area contributed by atoms with E-state index in [-0.39, 0.29) is 17.6 Å². The third-order valence-corrected chi connectivity index (χ3v) is 6.93. The van der Waals surface area contributed by atoms with Gasteiger partial charge in [0.05, 0.1) is 18.9 Å². The fraction of sp³-hybridized carbons (Fsp3) is 0.458. The Bertz CT molecular complexity index is 1160. The highest BCUT2D eigenvalue weighted by Crippen LogP contribution is 2.43. The number of hydrogen-bond acceptors (Lipinski definition) is 5. The molecular weight excluding hydrogens is 411 g/mol. The highest BCUT2D eigenvalue weighted by molar-refractivity contribution is 5.98. The monoisotopic (exact) mass is 438 g/mol. The van der Waals surface area contributed by atoms with Crippen LogP contribution in [0.3, 0.4) is 0 Å². The molecule has 2 bridgehead atoms. The van der Waals surface area contributed by atoms with E-state index in [1.165, 1.54) is 19.2 Å². The quantitative estimate of drug-likeness (QED) is 0.656. The summed E-state index contributed by atoms with van der Waals surface area (Å²) in [7, 11) is 3.28. The van der Waals surface area contributed by atoms with Crippen molar-refractivity contribution in [2.24, 2.45) is 11.8 Å². The number of imidazole rings is 1. The number of carbonyl (C=O) groups excluding carboxylic acids is 1. The van der Waals surface area contributed by atoms with Gasteiger partial charge in [0.2, 0.25) is 0 Å². The van der Waals surface area contributed by atoms with Crippen molar-refractivity contribution in [3.8, 4) is 17.0 Å². The van der Waals surface area contributed by atoms with E-state index in [1.807, 2.05) is 13.0 Å². The van der Waals surface area contributed by atoms with E-state index in [1.54, 1.807) is 23.9 Å². The smallest absolute Gasteiger partial charge is 0.274 e. The molecule has 1 amide bonds. The minimum atomic E-state index is -0.411. The van der Waals surface area contributed by atoms with Crippen LogP contribution in [-0.2, 0) is 4.74 Å². The van der Waals surface area contributed by atoms with Gasteiger partial charge in [0.15, 0.2) is 11.3 Å². The van der Waals surface area contributed by atoms with Crippen LogP contribution in [0.2, 0.25) is 0 Å². The Hall–Kier alpha value is -3.00. The van der Waals surface area contributed by atoms with Crippen LogP contribution in [0.25, 0.3) is 16.9 Å². The van der Waals surface area contributed by atoms with Crippen molar-refractivity contribution in [2.75, 3.05) is 14.2 Å². The SMILES string of the molecule is COc1cc(F)cc(-c2cc(C)n3cnc(C(=O)N[C@H]4CC5CC[C@@H](C4)[C@@H]5OC)c3n2)c1. The summed E-state index contributed by atoms with van der Waals surface area (Å²) in [6.45, 7) is 1.90. The standard InChI is InChI=1S/C24H27FN4O3/c1-13-6-20(16-7-17(25)11-19(10-16)31-2)28-23-21(26-12-29(13)23)24(30)27-18-8-14-4-5-15(9-18)22(14)32-3/h6-7,10-12,14-15,18,22H,4-5,8-9H2,1-3H3,(H,27,30)/t14-,15?,18+,22-/m0/s1. The molecule has 32 heavy (non-hydrogen) atoms. The first-order valence-electron chi connectivity index (χ1n) is 11.0. The Morgan fingerprint density at radius 1 is 1.16 bits per heavy atom. The fourth-order valence-electron chi connectivity index (χ4n) is 5.49. The van der Waals surface area contributed by atoms with Gasteiger partial charge in [-0.1, -0.05) is 0 Å². The van der Waals surface area contributed by atoms with E-state index < -0.39 is 5.82 Å². The lowest BCUT2D eigenvalue weighted by Crippen LogP contribution is -2.44. The van der Waals surface area contributed by atoms with E-state index in [4.69, 9.17) is 9.47 Å². The Morgan fingerprint density at radius 2 is 1.91 bits per heavy atom. The maximum absolute atomic E-state index is 14.0. The van der Waals surface area contributed by atoms with Crippen molar-refractivity contribution in [3.63, 3.8) is 0 Å². The van der Waals surface area contributed by atoms with Crippen molar-refractivity contribution in [1.29, 1.82) is 0 Å². The highest BCUT2D eigenvalue weighted by atomic mass is 19.1. The van der Waals surface area contributed by atoms with Crippen LogP contribution in [-0.4, -0.2) is 46.6 Å². The lowest BCUT2D eigenvalue weighted by atomic mass is 9.82. The molecule has 4 atom stereocenters. The number of aryl methyl sites for hydroxylation is 1. The number of hydrogen-bond donors (Lipinski definition) is 1. The largest absolute Gasteiger partial charge is 0.497 e. The normalized spacial score (nSPS) is 24.6. The van der Waals surface area contributed by atoms with Crippen molar-refractivity contribution in [3.05, 3.63) is 47.8 Å². The zero-order valence-electron chi connectivity index (χ0n) is 18.5. The van der Waals surface area contributed by atoms with Gasteiger partial charge in [0, 0.05) is 30.5 Å². The van der Waals surface area contributed by atoms with Crippen molar-refractivity contribution in [2.45, 2.75) is 44.8 Å². The highest BCUT2D eigenvalue weighted by Gasteiger charge is 2.43. The van der Waals surface area contributed by atoms with Crippen LogP contribution in [0.1, 0.15) is 41.9 Å². The second kappa shape index (κ2) is 8.16. The number of amides is 1. The summed E-state index contributed by atoms with van der Waals surface area (Å²) in [5.41, 5.74) is 2.71. The molecule has 7 nitrogen and oxygen atoms in total. The van der Waals surface area contributed by atoms with E-state index in [2.05, 4.69) is 15.3 Å². The van der Waals surface area contributed by atoms with Crippen LogP contribution in [0.4, 0.5) is 4.39 Å². The summed E-state index contributed by atoms with van der Waals surface area (Å²) in [5, 5.41) is 3.17. The van der Waals surface area contributed by atoms with Crippen molar-refractivity contribution < 1.29 is 18.7 Å². The lowest BCUT2D eigenvalue weighted by Gasteiger charge is -2.34. The number of halogens is 1. The molecule has 1 N–H and O–H groups in total. The van der Waals surface area contributed by atoms with E-state index in [0.29, 0.717) is 40.6 Å². The van der Waals surface area contributed by atoms with Gasteiger partial charge in [0.25, 0.3) is 5.91 Å². The number of aromatic nitrogens is 3. The molecule has 2 aliphatic rings. The van der Waals surface area contributed by atoms with E-state index in [0.717, 1.165) is 31.4 Å². The Kier molecular flexibility index (Phi) is 5.33. The van der Waals surface area contributed by atoms with Crippen LogP contribution in [0, 0.1) is 24.6 Å². The number of methoxy groups -OCH3 is 2. The summed E-state index contributed by atoms with van der Waals surface area (Å²) in [4.78, 5) is 22.2. The molecule has 5 rings (SSSR count). The molecule has 2 heterocycles. The fourth-order valence-corrected chi connectivity index (χ4v) is 5.49. The zero-order chi connectivity index (χ0) is 22.4. The number of nitrogens with one attached hydrogen (secondary N) is 1. The average Bonchev–Trinajstić information content (AvgIpc) is 3.31. The molecule has 0 radical (unpaired) electrons. The summed E-state index contributed by atoms with van der Waals surface area (Å²) in [6.07, 6.45) is 6.08. The number of rotatable bonds is 5. The average molecular weight is 439 g/mol. The molecule has 2 saturated carbocycles. The molecule has 1 aromatic carbocycles. The predicted molar refractivity (Wildman–Crippen MR) is 117 cm³/mol. The van der Waals surface area contributed by atoms with Crippen LogP contribution in [0.5, 0.6) is 5.75 Å². The summed E-state index contributed by atoms with van der Waals surface area (Å²) < 4.78 is 26.7. The first-order chi connectivity index (χ1) is 15.5. The van der Waals surface area contributed by atoms with Gasteiger partial charge in [-0.15, -0.1) is 0 Å². The summed E-state index contributed by atoms with van der Waals surface area (Å²) in [6, 6.07) is 6.40. The molecule has 2 aromatic heterocycles. The second-order valence-corrected chi connectivity index (χ2v) is 8.89. The van der Waals surface area contributed by atoms with E-state index >= 15 is 0 Å². The summed E-state index contributed by atoms with van der Waals surface area (Å²) >= 11 is 0. The Labute approximate surface area is 186 Å². The number of benzene rings is 1. The zero-order valence-corrected chi connectivity index (χ0v) is 18.5. The number of nitrogens with zero attached hydrogens (tertiary/aromatic N) is 3. The number of carbonyl (C=O) groups is 1. The van der Waals surface area contributed by atoms with Crippen LogP contribution >= 0.6 is 0 Å². The molecular formula is C24H27FN4O3. The minimum absolute atomic E-state index is 0.111. The van der Waals surface area contributed by atoms with Crippen LogP contribution in [0.15, 0.2) is 30.6 Å². The van der Waals surface area contributed by atoms with Gasteiger partial charge < -0.3 is 14.8 Å². The van der Waals surface area contributed by atoms with Gasteiger partial charge in [0.1, 0.15) is 17.9 Å². The Balaban J connectivity index is 1.44. The number of ether oxygens (including phenoxy) is 2. The van der Waals surface area contributed by atoms with Crippen molar-refractivity contribution >= 4 is 11.6 Å². The second-order valence-electron chi connectivity index (χ2n) is 8.89. The molecule has 168 valence electrons. The van der Waals surface area contributed by atoms with Gasteiger partial charge in [-0.25, -0.2) is 14.4 Å². The van der Waals surface area contributed by atoms with Gasteiger partial charge in [-0.05, 0) is 62.6 Å². The topological polar surface area (TPSA) is 77.8 Å². The molecule has 0 spiro atoms. The first-order valence-corrected chi connectivity index (χ1v) is 11.0. The van der Waals surface area contributed by atoms with Gasteiger partial charge in [-0.2, -0.15) is 0 Å². The molecule has 1 unspecified atom stereocenters. The number of fused-ring (bicyclic) bond motifs is 3. The third kappa shape index (κ3) is 3.62. The minimum Gasteiger partial charge on any atom is -0.497 e. The molecule has 2 aliphatic carbocycles. The molecule has 2 fully saturated rings. The predicted octanol–water partition coefficient (Wildman–Crippen LogP) is 3.79. The molecule has 8 heteroatoms. The van der Waals surface area contributed by atoms with Gasteiger partial charge in [-0.3, -0.25) is 9.20 Å². The third-order valence-electron chi connectivity index (χ3n) is 6.93. The van der Waals surface area contributed by atoms with E-state index in [9.17, 15) is 9.18 Å². The summed E-state index contributed by atoms with van der Waals surface area (Å²) in [5.74, 6) is 0.766. The first kappa shape index (κ1) is 20.9.